The van der Waals surface area contributed by atoms with E-state index >= 15 is 0 Å². The van der Waals surface area contributed by atoms with Crippen LogP contribution in [0.15, 0.2) is 17.0 Å². The molecule has 0 amide bonds. The Morgan fingerprint density at radius 3 is 3.08 bits per heavy atom. The van der Waals surface area contributed by atoms with E-state index in [1.807, 2.05) is 0 Å². The number of hydrogen-bond donors (Lipinski definition) is 0. The molecule has 0 N–H and O–H groups in total. The second kappa shape index (κ2) is 4.76. The summed E-state index contributed by atoms with van der Waals surface area (Å²) in [6.45, 7) is -0.161. The molecule has 0 bridgehead atoms. The zero-order valence-electron chi connectivity index (χ0n) is 6.86. The average Bonchev–Trinajstić information content (AvgIpc) is 2.16. The molecule has 0 unspecified atom stereocenters. The maximum Gasteiger partial charge on any atom is 0.343 e. The van der Waals surface area contributed by atoms with Gasteiger partial charge in [-0.25, -0.2) is 14.8 Å². The number of aromatic nitrogens is 2. The van der Waals surface area contributed by atoms with E-state index < -0.39 is 5.97 Å². The quantitative estimate of drug-likeness (QED) is 0.739. The Morgan fingerprint density at radius 1 is 1.69 bits per heavy atom. The highest BCUT2D eigenvalue weighted by molar-refractivity contribution is 9.10. The maximum absolute atomic E-state index is 10.7. The van der Waals surface area contributed by atoms with Crippen molar-refractivity contribution in [3.05, 3.63) is 17.0 Å². The van der Waals surface area contributed by atoms with Crippen LogP contribution in [0.5, 0.6) is 5.88 Å². The normalized spacial score (nSPS) is 9.38. The van der Waals surface area contributed by atoms with E-state index in [2.05, 4.69) is 30.6 Å². The molecule has 0 aliphatic rings. The number of methoxy groups -OCH3 is 1. The lowest BCUT2D eigenvalue weighted by molar-refractivity contribution is -0.143. The third-order valence-electron chi connectivity index (χ3n) is 1.19. The second-order valence-corrected chi connectivity index (χ2v) is 2.89. The van der Waals surface area contributed by atoms with Gasteiger partial charge in [0.1, 0.15) is 6.33 Å². The van der Waals surface area contributed by atoms with Crippen molar-refractivity contribution in [2.24, 2.45) is 0 Å². The first kappa shape index (κ1) is 9.91. The Bertz CT molecular complexity index is 306. The molecular formula is C7H7BrN2O3. The Morgan fingerprint density at radius 2 is 2.46 bits per heavy atom. The Labute approximate surface area is 83.2 Å². The SMILES string of the molecule is COC(=O)COc1ncncc1Br. The number of carbonyl (C=O) groups excluding carboxylic acids is 1. The molecule has 0 aliphatic carbocycles. The number of ether oxygens (including phenoxy) is 2. The smallest absolute Gasteiger partial charge is 0.343 e. The largest absolute Gasteiger partial charge is 0.466 e. The van der Waals surface area contributed by atoms with Crippen LogP contribution < -0.4 is 4.74 Å². The molecule has 0 radical (unpaired) electrons. The average molecular weight is 247 g/mol. The molecule has 13 heavy (non-hydrogen) atoms. The van der Waals surface area contributed by atoms with Crippen LogP contribution in [0.25, 0.3) is 0 Å². The molecule has 1 heterocycles. The minimum Gasteiger partial charge on any atom is -0.466 e. The molecule has 0 saturated heterocycles. The highest BCUT2D eigenvalue weighted by Gasteiger charge is 2.05. The first-order valence-corrected chi connectivity index (χ1v) is 4.18. The van der Waals surface area contributed by atoms with Gasteiger partial charge in [-0.05, 0) is 15.9 Å². The van der Waals surface area contributed by atoms with Gasteiger partial charge in [0, 0.05) is 6.20 Å². The van der Waals surface area contributed by atoms with E-state index in [0.29, 0.717) is 10.4 Å². The van der Waals surface area contributed by atoms with Gasteiger partial charge in [-0.3, -0.25) is 0 Å². The zero-order chi connectivity index (χ0) is 9.68. The number of halogens is 1. The summed E-state index contributed by atoms with van der Waals surface area (Å²) in [5.41, 5.74) is 0. The first-order chi connectivity index (χ1) is 6.24. The van der Waals surface area contributed by atoms with E-state index in [-0.39, 0.29) is 6.61 Å². The molecule has 1 rings (SSSR count). The number of hydrogen-bond acceptors (Lipinski definition) is 5. The van der Waals surface area contributed by atoms with Gasteiger partial charge in [0.05, 0.1) is 11.6 Å². The van der Waals surface area contributed by atoms with E-state index in [4.69, 9.17) is 4.74 Å². The molecule has 0 fully saturated rings. The van der Waals surface area contributed by atoms with Crippen molar-refractivity contribution in [1.82, 2.24) is 9.97 Å². The minimum atomic E-state index is -0.453. The van der Waals surface area contributed by atoms with Crippen LogP contribution in [0.4, 0.5) is 0 Å². The molecular weight excluding hydrogens is 240 g/mol. The summed E-state index contributed by atoms with van der Waals surface area (Å²) in [7, 11) is 1.29. The number of nitrogens with zero attached hydrogens (tertiary/aromatic N) is 2. The van der Waals surface area contributed by atoms with Gasteiger partial charge >= 0.3 is 5.97 Å². The van der Waals surface area contributed by atoms with Gasteiger partial charge in [0.25, 0.3) is 0 Å². The number of carbonyl (C=O) groups is 1. The van der Waals surface area contributed by atoms with Crippen LogP contribution >= 0.6 is 15.9 Å². The van der Waals surface area contributed by atoms with E-state index in [0.717, 1.165) is 0 Å². The van der Waals surface area contributed by atoms with Crippen LogP contribution in [0, 0.1) is 0 Å². The van der Waals surface area contributed by atoms with Crippen LogP contribution in [0.3, 0.4) is 0 Å². The van der Waals surface area contributed by atoms with Crippen LogP contribution in [0.1, 0.15) is 0 Å². The summed E-state index contributed by atoms with van der Waals surface area (Å²) >= 11 is 3.17. The van der Waals surface area contributed by atoms with E-state index in [1.54, 1.807) is 0 Å². The van der Waals surface area contributed by atoms with Crippen molar-refractivity contribution >= 4 is 21.9 Å². The topological polar surface area (TPSA) is 61.3 Å². The first-order valence-electron chi connectivity index (χ1n) is 3.39. The predicted molar refractivity (Wildman–Crippen MR) is 47.2 cm³/mol. The Hall–Kier alpha value is -1.17. The standard InChI is InChI=1S/C7H7BrN2O3/c1-12-6(11)3-13-7-5(8)2-9-4-10-7/h2,4H,3H2,1H3. The lowest BCUT2D eigenvalue weighted by Gasteiger charge is -2.03. The van der Waals surface area contributed by atoms with Gasteiger partial charge in [-0.15, -0.1) is 0 Å². The molecule has 0 saturated carbocycles. The summed E-state index contributed by atoms with van der Waals surface area (Å²) in [6, 6.07) is 0. The van der Waals surface area contributed by atoms with E-state index in [9.17, 15) is 4.79 Å². The summed E-state index contributed by atoms with van der Waals surface area (Å²) in [6.07, 6.45) is 2.86. The summed E-state index contributed by atoms with van der Waals surface area (Å²) in [4.78, 5) is 18.2. The van der Waals surface area contributed by atoms with Gasteiger partial charge in [0.2, 0.25) is 5.88 Å². The highest BCUT2D eigenvalue weighted by Crippen LogP contribution is 2.19. The van der Waals surface area contributed by atoms with Crippen molar-refractivity contribution in [2.75, 3.05) is 13.7 Å². The molecule has 70 valence electrons. The molecule has 1 aromatic heterocycles. The molecule has 5 nitrogen and oxygen atoms in total. The van der Waals surface area contributed by atoms with Gasteiger partial charge in [-0.1, -0.05) is 0 Å². The Kier molecular flexibility index (Phi) is 3.63. The van der Waals surface area contributed by atoms with Crippen molar-refractivity contribution in [1.29, 1.82) is 0 Å². The van der Waals surface area contributed by atoms with Gasteiger partial charge < -0.3 is 9.47 Å². The van der Waals surface area contributed by atoms with Crippen LogP contribution in [0.2, 0.25) is 0 Å². The van der Waals surface area contributed by atoms with E-state index in [1.165, 1.54) is 19.6 Å². The zero-order valence-corrected chi connectivity index (χ0v) is 8.44. The lowest BCUT2D eigenvalue weighted by Crippen LogP contribution is -2.13. The van der Waals surface area contributed by atoms with Gasteiger partial charge in [-0.2, -0.15) is 0 Å². The molecule has 0 aromatic carbocycles. The third kappa shape index (κ3) is 2.98. The fourth-order valence-electron chi connectivity index (χ4n) is 0.594. The molecule has 1 aromatic rings. The van der Waals surface area contributed by atoms with Crippen molar-refractivity contribution in [3.8, 4) is 5.88 Å². The second-order valence-electron chi connectivity index (χ2n) is 2.04. The summed E-state index contributed by atoms with van der Waals surface area (Å²) in [5.74, 6) is -0.133. The fourth-order valence-corrected chi connectivity index (χ4v) is 0.929. The predicted octanol–water partition coefficient (Wildman–Crippen LogP) is 0.791. The number of esters is 1. The molecule has 0 atom stereocenters. The summed E-state index contributed by atoms with van der Waals surface area (Å²) in [5, 5.41) is 0. The lowest BCUT2D eigenvalue weighted by atomic mass is 10.6. The van der Waals surface area contributed by atoms with Crippen LogP contribution in [-0.2, 0) is 9.53 Å². The minimum absolute atomic E-state index is 0.161. The van der Waals surface area contributed by atoms with Crippen molar-refractivity contribution in [3.63, 3.8) is 0 Å². The molecule has 6 heteroatoms. The van der Waals surface area contributed by atoms with Crippen molar-refractivity contribution < 1.29 is 14.3 Å². The Balaban J connectivity index is 2.54. The van der Waals surface area contributed by atoms with Gasteiger partial charge in [0.15, 0.2) is 6.61 Å². The number of rotatable bonds is 3. The maximum atomic E-state index is 10.7. The summed E-state index contributed by atoms with van der Waals surface area (Å²) < 4.78 is 10.0. The molecule has 0 spiro atoms. The van der Waals surface area contributed by atoms with Crippen molar-refractivity contribution in [2.45, 2.75) is 0 Å². The third-order valence-corrected chi connectivity index (χ3v) is 1.73. The fraction of sp³-hybridized carbons (Fsp3) is 0.286. The van der Waals surface area contributed by atoms with Crippen LogP contribution in [-0.4, -0.2) is 29.7 Å². The highest BCUT2D eigenvalue weighted by atomic mass is 79.9. The molecule has 0 aliphatic heterocycles. The monoisotopic (exact) mass is 246 g/mol.